The number of methoxy groups -OCH3 is 1. The standard InChI is InChI=1S/C26H24N4O3S/c1-15-16(2)34-25(23(15)26(32)33-4)30-24(31)19-11-8-12-20(13-19)29-22-14-21(27-17(3)28-22)18-9-6-5-7-10-18/h5-14H,1-4H3,(H,30,31)(H,27,28,29). The number of nitrogens with zero attached hydrogens (tertiary/aromatic N) is 2. The minimum atomic E-state index is -0.471. The number of ether oxygens (including phenoxy) is 1. The molecule has 34 heavy (non-hydrogen) atoms. The third-order valence-corrected chi connectivity index (χ3v) is 6.43. The van der Waals surface area contributed by atoms with E-state index in [0.717, 1.165) is 21.7 Å². The molecule has 0 aliphatic heterocycles. The van der Waals surface area contributed by atoms with Crippen molar-refractivity contribution in [1.29, 1.82) is 0 Å². The van der Waals surface area contributed by atoms with E-state index in [1.165, 1.54) is 18.4 Å². The summed E-state index contributed by atoms with van der Waals surface area (Å²) in [4.78, 5) is 35.1. The van der Waals surface area contributed by atoms with E-state index < -0.39 is 5.97 Å². The van der Waals surface area contributed by atoms with E-state index in [9.17, 15) is 9.59 Å². The third-order valence-electron chi connectivity index (χ3n) is 5.31. The zero-order valence-corrected chi connectivity index (χ0v) is 20.1. The average Bonchev–Trinajstić information content (AvgIpc) is 3.11. The number of amides is 1. The summed E-state index contributed by atoms with van der Waals surface area (Å²) in [6.45, 7) is 5.58. The molecule has 4 rings (SSSR count). The molecule has 1 amide bonds. The van der Waals surface area contributed by atoms with Gasteiger partial charge < -0.3 is 15.4 Å². The molecule has 0 radical (unpaired) electrons. The van der Waals surface area contributed by atoms with Gasteiger partial charge in [-0.05, 0) is 44.5 Å². The van der Waals surface area contributed by atoms with Crippen LogP contribution in [-0.4, -0.2) is 29.0 Å². The molecule has 0 unspecified atom stereocenters. The van der Waals surface area contributed by atoms with Gasteiger partial charge in [0.1, 0.15) is 16.6 Å². The third kappa shape index (κ3) is 4.97. The number of esters is 1. The molecule has 0 aliphatic rings. The van der Waals surface area contributed by atoms with Gasteiger partial charge in [-0.15, -0.1) is 11.3 Å². The average molecular weight is 473 g/mol. The van der Waals surface area contributed by atoms with Gasteiger partial charge in [0.25, 0.3) is 5.91 Å². The predicted octanol–water partition coefficient (Wildman–Crippen LogP) is 5.91. The van der Waals surface area contributed by atoms with Gasteiger partial charge in [0.2, 0.25) is 0 Å². The van der Waals surface area contributed by atoms with Crippen molar-refractivity contribution < 1.29 is 14.3 Å². The van der Waals surface area contributed by atoms with Crippen LogP contribution >= 0.6 is 11.3 Å². The summed E-state index contributed by atoms with van der Waals surface area (Å²) in [5, 5.41) is 6.60. The van der Waals surface area contributed by atoms with E-state index in [2.05, 4.69) is 20.6 Å². The summed E-state index contributed by atoms with van der Waals surface area (Å²) in [5.74, 6) is 0.470. The van der Waals surface area contributed by atoms with Gasteiger partial charge in [0, 0.05) is 27.8 Å². The van der Waals surface area contributed by atoms with Crippen LogP contribution in [0.2, 0.25) is 0 Å². The lowest BCUT2D eigenvalue weighted by Crippen LogP contribution is -2.14. The highest BCUT2D eigenvalue weighted by molar-refractivity contribution is 7.16. The van der Waals surface area contributed by atoms with E-state index in [1.807, 2.05) is 63.2 Å². The normalized spacial score (nSPS) is 10.6. The molecule has 0 saturated heterocycles. The molecule has 2 aromatic carbocycles. The first-order valence-electron chi connectivity index (χ1n) is 10.6. The van der Waals surface area contributed by atoms with Crippen molar-refractivity contribution in [3.8, 4) is 11.3 Å². The van der Waals surface area contributed by atoms with Gasteiger partial charge in [-0.3, -0.25) is 4.79 Å². The second-order valence-corrected chi connectivity index (χ2v) is 8.92. The lowest BCUT2D eigenvalue weighted by molar-refractivity contribution is 0.0601. The Morgan fingerprint density at radius 3 is 2.44 bits per heavy atom. The topological polar surface area (TPSA) is 93.2 Å². The summed E-state index contributed by atoms with van der Waals surface area (Å²) >= 11 is 1.35. The molecule has 0 atom stereocenters. The first kappa shape index (κ1) is 23.1. The summed E-state index contributed by atoms with van der Waals surface area (Å²) in [7, 11) is 1.33. The molecule has 172 valence electrons. The van der Waals surface area contributed by atoms with E-state index in [1.54, 1.807) is 18.2 Å². The lowest BCUT2D eigenvalue weighted by atomic mass is 10.1. The molecule has 2 aromatic heterocycles. The zero-order chi connectivity index (χ0) is 24.2. The van der Waals surface area contributed by atoms with E-state index >= 15 is 0 Å². The fourth-order valence-corrected chi connectivity index (χ4v) is 4.56. The van der Waals surface area contributed by atoms with Crippen molar-refractivity contribution in [2.45, 2.75) is 20.8 Å². The monoisotopic (exact) mass is 472 g/mol. The van der Waals surface area contributed by atoms with Crippen LogP contribution in [0, 0.1) is 20.8 Å². The predicted molar refractivity (Wildman–Crippen MR) is 135 cm³/mol. The molecule has 2 heterocycles. The van der Waals surface area contributed by atoms with E-state index in [0.29, 0.717) is 33.5 Å². The van der Waals surface area contributed by atoms with Gasteiger partial charge in [0.15, 0.2) is 0 Å². The van der Waals surface area contributed by atoms with Crippen LogP contribution in [0.15, 0.2) is 60.7 Å². The molecule has 0 fully saturated rings. The van der Waals surface area contributed by atoms with Crippen molar-refractivity contribution in [2.75, 3.05) is 17.7 Å². The number of carbonyl (C=O) groups is 2. The van der Waals surface area contributed by atoms with Gasteiger partial charge >= 0.3 is 5.97 Å². The van der Waals surface area contributed by atoms with Crippen LogP contribution in [0.1, 0.15) is 37.0 Å². The number of hydrogen-bond acceptors (Lipinski definition) is 7. The van der Waals surface area contributed by atoms with Crippen LogP contribution in [0.4, 0.5) is 16.5 Å². The van der Waals surface area contributed by atoms with Crippen LogP contribution in [0.3, 0.4) is 0 Å². The second-order valence-electron chi connectivity index (χ2n) is 7.69. The maximum absolute atomic E-state index is 13.0. The van der Waals surface area contributed by atoms with Gasteiger partial charge in [-0.2, -0.15) is 0 Å². The van der Waals surface area contributed by atoms with E-state index in [4.69, 9.17) is 4.74 Å². The number of thiophene rings is 1. The summed E-state index contributed by atoms with van der Waals surface area (Å²) in [5.41, 5.74) is 4.14. The number of hydrogen-bond donors (Lipinski definition) is 2. The van der Waals surface area contributed by atoms with E-state index in [-0.39, 0.29) is 5.91 Å². The molecular weight excluding hydrogens is 448 g/mol. The van der Waals surface area contributed by atoms with Crippen LogP contribution < -0.4 is 10.6 Å². The molecule has 2 N–H and O–H groups in total. The maximum atomic E-state index is 13.0. The molecule has 0 spiro atoms. The van der Waals surface area contributed by atoms with Crippen molar-refractivity contribution in [3.63, 3.8) is 0 Å². The summed E-state index contributed by atoms with van der Waals surface area (Å²) in [6.07, 6.45) is 0. The number of rotatable bonds is 6. The Morgan fingerprint density at radius 2 is 1.71 bits per heavy atom. The Bertz CT molecular complexity index is 1370. The molecule has 0 aliphatic carbocycles. The lowest BCUT2D eigenvalue weighted by Gasteiger charge is -2.11. The maximum Gasteiger partial charge on any atom is 0.341 e. The molecule has 4 aromatic rings. The Hall–Kier alpha value is -4.04. The van der Waals surface area contributed by atoms with Gasteiger partial charge in [-0.25, -0.2) is 14.8 Å². The number of anilines is 3. The SMILES string of the molecule is COC(=O)c1c(NC(=O)c2cccc(Nc3cc(-c4ccccc4)nc(C)n3)c2)sc(C)c1C. The summed E-state index contributed by atoms with van der Waals surface area (Å²) in [6, 6.07) is 18.8. The van der Waals surface area contributed by atoms with Crippen LogP contribution in [0.5, 0.6) is 0 Å². The van der Waals surface area contributed by atoms with Crippen molar-refractivity contribution >= 4 is 39.7 Å². The van der Waals surface area contributed by atoms with Crippen molar-refractivity contribution in [2.24, 2.45) is 0 Å². The first-order valence-corrected chi connectivity index (χ1v) is 11.4. The Balaban J connectivity index is 1.57. The highest BCUT2D eigenvalue weighted by Gasteiger charge is 2.22. The van der Waals surface area contributed by atoms with Crippen molar-refractivity contribution in [3.05, 3.63) is 88.1 Å². The number of nitrogens with one attached hydrogen (secondary N) is 2. The fraction of sp³-hybridized carbons (Fsp3) is 0.154. The van der Waals surface area contributed by atoms with Crippen LogP contribution in [-0.2, 0) is 4.74 Å². The Morgan fingerprint density at radius 1 is 0.941 bits per heavy atom. The molecule has 7 nitrogen and oxygen atoms in total. The quantitative estimate of drug-likeness (QED) is 0.339. The minimum Gasteiger partial charge on any atom is -0.465 e. The Kier molecular flexibility index (Phi) is 6.70. The minimum absolute atomic E-state index is 0.320. The molecule has 0 saturated carbocycles. The number of aromatic nitrogens is 2. The number of carbonyl (C=O) groups excluding carboxylic acids is 2. The largest absolute Gasteiger partial charge is 0.465 e. The smallest absolute Gasteiger partial charge is 0.341 e. The van der Waals surface area contributed by atoms with Crippen molar-refractivity contribution in [1.82, 2.24) is 9.97 Å². The molecular formula is C26H24N4O3S. The highest BCUT2D eigenvalue weighted by atomic mass is 32.1. The fourth-order valence-electron chi connectivity index (χ4n) is 3.51. The highest BCUT2D eigenvalue weighted by Crippen LogP contribution is 2.33. The van der Waals surface area contributed by atoms with Gasteiger partial charge in [-0.1, -0.05) is 36.4 Å². The summed E-state index contributed by atoms with van der Waals surface area (Å²) < 4.78 is 4.89. The second kappa shape index (κ2) is 9.84. The first-order chi connectivity index (χ1) is 16.4. The molecule has 0 bridgehead atoms. The Labute approximate surface area is 201 Å². The molecule has 8 heteroatoms. The zero-order valence-electron chi connectivity index (χ0n) is 19.3. The number of benzene rings is 2. The number of aryl methyl sites for hydroxylation is 2. The van der Waals surface area contributed by atoms with Gasteiger partial charge in [0.05, 0.1) is 18.4 Å². The van der Waals surface area contributed by atoms with Crippen LogP contribution in [0.25, 0.3) is 11.3 Å².